The predicted octanol–water partition coefficient (Wildman–Crippen LogP) is 4.05. The number of amides is 3. The minimum Gasteiger partial charge on any atom is -0.378 e. The van der Waals surface area contributed by atoms with Crippen molar-refractivity contribution < 1.29 is 22.8 Å². The molecular weight excluding hydrogens is 373 g/mol. The number of carbonyl (C=O) groups excluding carboxylic acids is 2. The van der Waals surface area contributed by atoms with Crippen molar-refractivity contribution in [3.05, 3.63) is 53.6 Å². The van der Waals surface area contributed by atoms with Crippen LogP contribution in [0.15, 0.2) is 42.5 Å². The number of rotatable bonds is 5. The normalized spacial score (nSPS) is 10.9. The van der Waals surface area contributed by atoms with Crippen LogP contribution in [0.5, 0.6) is 0 Å². The molecule has 0 saturated heterocycles. The molecule has 2 aromatic rings. The molecule has 0 heterocycles. The Morgan fingerprint density at radius 2 is 1.64 bits per heavy atom. The van der Waals surface area contributed by atoms with Crippen molar-refractivity contribution in [2.45, 2.75) is 19.6 Å². The summed E-state index contributed by atoms with van der Waals surface area (Å²) in [6.07, 6.45) is -4.70. The van der Waals surface area contributed by atoms with Crippen molar-refractivity contribution in [2.24, 2.45) is 0 Å². The molecule has 6 nitrogen and oxygen atoms in total. The van der Waals surface area contributed by atoms with Crippen molar-refractivity contribution in [2.75, 3.05) is 29.6 Å². The van der Waals surface area contributed by atoms with Crippen LogP contribution in [-0.2, 0) is 17.5 Å². The van der Waals surface area contributed by atoms with E-state index in [0.717, 1.165) is 23.4 Å². The molecule has 0 aliphatic carbocycles. The highest BCUT2D eigenvalue weighted by Gasteiger charge is 2.34. The maximum atomic E-state index is 13.3. The average Bonchev–Trinajstić information content (AvgIpc) is 2.60. The number of hydrogen-bond donors (Lipinski definition) is 3. The fourth-order valence-electron chi connectivity index (χ4n) is 2.43. The van der Waals surface area contributed by atoms with Crippen molar-refractivity contribution in [3.63, 3.8) is 0 Å². The Bertz CT molecular complexity index is 849. The highest BCUT2D eigenvalue weighted by Crippen LogP contribution is 2.36. The van der Waals surface area contributed by atoms with E-state index >= 15 is 0 Å². The van der Waals surface area contributed by atoms with Crippen LogP contribution in [0.3, 0.4) is 0 Å². The lowest BCUT2D eigenvalue weighted by Gasteiger charge is -2.16. The SMILES string of the molecule is CC(=O)Nc1ccc(NC(=O)NCc2ccc(N(C)C)cc2)c(C(F)(F)F)c1. The Balaban J connectivity index is 2.07. The molecule has 2 rings (SSSR count). The zero-order valence-corrected chi connectivity index (χ0v) is 15.6. The van der Waals surface area contributed by atoms with E-state index < -0.39 is 29.4 Å². The van der Waals surface area contributed by atoms with Gasteiger partial charge >= 0.3 is 12.2 Å². The van der Waals surface area contributed by atoms with Crippen LogP contribution in [-0.4, -0.2) is 26.0 Å². The first kappa shape index (κ1) is 21.1. The second kappa shape index (κ2) is 8.64. The van der Waals surface area contributed by atoms with Gasteiger partial charge in [-0.2, -0.15) is 13.2 Å². The number of nitrogens with zero attached hydrogens (tertiary/aromatic N) is 1. The summed E-state index contributed by atoms with van der Waals surface area (Å²) in [6.45, 7) is 1.35. The third-order valence-corrected chi connectivity index (χ3v) is 3.80. The van der Waals surface area contributed by atoms with Crippen molar-refractivity contribution in [3.8, 4) is 0 Å². The number of anilines is 3. The number of benzene rings is 2. The standard InChI is InChI=1S/C19H21F3N4O2/c1-12(27)24-14-6-9-17(16(10-14)19(20,21)22)25-18(28)23-11-13-4-7-15(8-5-13)26(2)3/h4-10H,11H2,1-3H3,(H,24,27)(H2,23,25,28). The summed E-state index contributed by atoms with van der Waals surface area (Å²) in [7, 11) is 3.80. The quantitative estimate of drug-likeness (QED) is 0.716. The lowest BCUT2D eigenvalue weighted by atomic mass is 10.1. The van der Waals surface area contributed by atoms with Gasteiger partial charge in [-0.25, -0.2) is 4.79 Å². The largest absolute Gasteiger partial charge is 0.418 e. The van der Waals surface area contributed by atoms with Gasteiger partial charge in [-0.15, -0.1) is 0 Å². The monoisotopic (exact) mass is 394 g/mol. The van der Waals surface area contributed by atoms with Gasteiger partial charge in [-0.1, -0.05) is 12.1 Å². The molecule has 0 atom stereocenters. The molecule has 0 aromatic heterocycles. The van der Waals surface area contributed by atoms with Crippen LogP contribution in [0.1, 0.15) is 18.1 Å². The second-order valence-electron chi connectivity index (χ2n) is 6.31. The minimum absolute atomic E-state index is 0.00762. The lowest BCUT2D eigenvalue weighted by Crippen LogP contribution is -2.29. The van der Waals surface area contributed by atoms with E-state index in [-0.39, 0.29) is 12.2 Å². The first-order valence-corrected chi connectivity index (χ1v) is 8.36. The molecule has 3 N–H and O–H groups in total. The molecule has 0 radical (unpaired) electrons. The third-order valence-electron chi connectivity index (χ3n) is 3.80. The van der Waals surface area contributed by atoms with E-state index in [9.17, 15) is 22.8 Å². The van der Waals surface area contributed by atoms with Gasteiger partial charge in [0, 0.05) is 38.9 Å². The summed E-state index contributed by atoms with van der Waals surface area (Å²) in [5, 5.41) is 7.01. The number of urea groups is 1. The van der Waals surface area contributed by atoms with E-state index in [4.69, 9.17) is 0 Å². The van der Waals surface area contributed by atoms with Gasteiger partial charge in [0.15, 0.2) is 0 Å². The Labute approximate surface area is 160 Å². The van der Waals surface area contributed by atoms with Crippen molar-refractivity contribution >= 4 is 29.0 Å². The first-order chi connectivity index (χ1) is 13.1. The molecule has 0 saturated carbocycles. The maximum Gasteiger partial charge on any atom is 0.418 e. The smallest absolute Gasteiger partial charge is 0.378 e. The summed E-state index contributed by atoms with van der Waals surface area (Å²) in [5.74, 6) is -0.494. The number of nitrogens with one attached hydrogen (secondary N) is 3. The number of alkyl halides is 3. The molecule has 0 unspecified atom stereocenters. The molecule has 0 spiro atoms. The fourth-order valence-corrected chi connectivity index (χ4v) is 2.43. The molecule has 9 heteroatoms. The van der Waals surface area contributed by atoms with Gasteiger partial charge in [0.05, 0.1) is 11.3 Å². The number of hydrogen-bond acceptors (Lipinski definition) is 3. The Kier molecular flexibility index (Phi) is 6.50. The van der Waals surface area contributed by atoms with E-state index in [1.54, 1.807) is 0 Å². The fraction of sp³-hybridized carbons (Fsp3) is 0.263. The molecular formula is C19H21F3N4O2. The Morgan fingerprint density at radius 1 is 1.00 bits per heavy atom. The molecule has 0 bridgehead atoms. The average molecular weight is 394 g/mol. The van der Waals surface area contributed by atoms with Gasteiger partial charge in [0.1, 0.15) is 0 Å². The zero-order valence-electron chi connectivity index (χ0n) is 15.6. The van der Waals surface area contributed by atoms with Crippen LogP contribution in [0.2, 0.25) is 0 Å². The summed E-state index contributed by atoms with van der Waals surface area (Å²) in [5.41, 5.74) is 0.332. The molecule has 0 aliphatic rings. The van der Waals surface area contributed by atoms with Crippen molar-refractivity contribution in [1.82, 2.24) is 5.32 Å². The molecule has 0 aliphatic heterocycles. The number of halogens is 3. The van der Waals surface area contributed by atoms with E-state index in [0.29, 0.717) is 0 Å². The zero-order chi connectivity index (χ0) is 20.9. The van der Waals surface area contributed by atoms with Crippen molar-refractivity contribution in [1.29, 1.82) is 0 Å². The first-order valence-electron chi connectivity index (χ1n) is 8.36. The summed E-state index contributed by atoms with van der Waals surface area (Å²) >= 11 is 0. The van der Waals surface area contributed by atoms with Crippen LogP contribution in [0, 0.1) is 0 Å². The number of carbonyl (C=O) groups is 2. The molecule has 3 amide bonds. The molecule has 150 valence electrons. The highest BCUT2D eigenvalue weighted by atomic mass is 19.4. The van der Waals surface area contributed by atoms with Crippen LogP contribution >= 0.6 is 0 Å². The van der Waals surface area contributed by atoms with Gasteiger partial charge in [0.25, 0.3) is 0 Å². The van der Waals surface area contributed by atoms with E-state index in [2.05, 4.69) is 16.0 Å². The highest BCUT2D eigenvalue weighted by molar-refractivity contribution is 5.92. The third kappa shape index (κ3) is 5.90. The minimum atomic E-state index is -4.70. The van der Waals surface area contributed by atoms with Gasteiger partial charge < -0.3 is 20.9 Å². The lowest BCUT2D eigenvalue weighted by molar-refractivity contribution is -0.137. The Hall–Kier alpha value is -3.23. The second-order valence-corrected chi connectivity index (χ2v) is 6.31. The predicted molar refractivity (Wildman–Crippen MR) is 102 cm³/mol. The van der Waals surface area contributed by atoms with E-state index in [1.807, 2.05) is 43.3 Å². The van der Waals surface area contributed by atoms with Crippen LogP contribution in [0.25, 0.3) is 0 Å². The molecule has 2 aromatic carbocycles. The van der Waals surface area contributed by atoms with Gasteiger partial charge in [-0.3, -0.25) is 4.79 Å². The summed E-state index contributed by atoms with van der Waals surface area (Å²) < 4.78 is 39.8. The summed E-state index contributed by atoms with van der Waals surface area (Å²) in [6, 6.07) is 9.77. The Morgan fingerprint density at radius 3 is 2.18 bits per heavy atom. The van der Waals surface area contributed by atoms with Crippen LogP contribution < -0.4 is 20.9 Å². The van der Waals surface area contributed by atoms with Gasteiger partial charge in [-0.05, 0) is 35.9 Å². The molecule has 0 fully saturated rings. The van der Waals surface area contributed by atoms with Crippen LogP contribution in [0.4, 0.5) is 35.0 Å². The van der Waals surface area contributed by atoms with Gasteiger partial charge in [0.2, 0.25) is 5.91 Å². The topological polar surface area (TPSA) is 73.5 Å². The van der Waals surface area contributed by atoms with E-state index in [1.165, 1.54) is 13.0 Å². The maximum absolute atomic E-state index is 13.3. The summed E-state index contributed by atoms with van der Waals surface area (Å²) in [4.78, 5) is 25.0. The molecule has 28 heavy (non-hydrogen) atoms.